The molecule has 1 amide bonds. The van der Waals surface area contributed by atoms with Gasteiger partial charge in [-0.1, -0.05) is 12.1 Å². The molecule has 3 rings (SSSR count). The highest BCUT2D eigenvalue weighted by Crippen LogP contribution is 2.14. The number of allylic oxidation sites excluding steroid dienone is 1. The molecule has 0 aliphatic rings. The van der Waals surface area contributed by atoms with Crippen molar-refractivity contribution >= 4 is 35.2 Å². The Balaban J connectivity index is 1.40. The maximum Gasteiger partial charge on any atom is 0.306 e. The summed E-state index contributed by atoms with van der Waals surface area (Å²) in [5.74, 6) is -0.536. The molecule has 8 nitrogen and oxygen atoms in total. The van der Waals surface area contributed by atoms with Crippen LogP contribution in [0.4, 0.5) is 5.69 Å². The maximum atomic E-state index is 12.2. The van der Waals surface area contributed by atoms with E-state index in [1.165, 1.54) is 19.4 Å². The van der Waals surface area contributed by atoms with E-state index < -0.39 is 18.5 Å². The van der Waals surface area contributed by atoms with Crippen LogP contribution in [-0.4, -0.2) is 37.2 Å². The average Bonchev–Trinajstić information content (AvgIpc) is 3.39. The van der Waals surface area contributed by atoms with Crippen molar-refractivity contribution in [2.45, 2.75) is 12.8 Å². The Labute approximate surface area is 196 Å². The van der Waals surface area contributed by atoms with Gasteiger partial charge in [0.15, 0.2) is 18.2 Å². The Bertz CT molecular complexity index is 1180. The predicted octanol–water partition coefficient (Wildman–Crippen LogP) is 4.33. The van der Waals surface area contributed by atoms with Gasteiger partial charge in [-0.2, -0.15) is 0 Å². The number of ether oxygens (including phenoxy) is 2. The van der Waals surface area contributed by atoms with Gasteiger partial charge in [0.2, 0.25) is 5.91 Å². The molecule has 0 atom stereocenters. The molecule has 8 heteroatoms. The molecule has 0 bridgehead atoms. The number of benzene rings is 2. The third kappa shape index (κ3) is 7.30. The molecule has 3 aromatic rings. The van der Waals surface area contributed by atoms with Crippen LogP contribution in [0.3, 0.4) is 0 Å². The van der Waals surface area contributed by atoms with E-state index in [0.29, 0.717) is 28.3 Å². The van der Waals surface area contributed by atoms with Gasteiger partial charge in [0.1, 0.15) is 11.5 Å². The second-order valence-electron chi connectivity index (χ2n) is 7.15. The smallest absolute Gasteiger partial charge is 0.306 e. The maximum absolute atomic E-state index is 12.2. The van der Waals surface area contributed by atoms with Crippen molar-refractivity contribution in [3.8, 4) is 5.75 Å². The summed E-state index contributed by atoms with van der Waals surface area (Å²) in [6, 6.07) is 16.3. The van der Waals surface area contributed by atoms with E-state index in [2.05, 4.69) is 5.32 Å². The van der Waals surface area contributed by atoms with Gasteiger partial charge in [-0.3, -0.25) is 19.2 Å². The van der Waals surface area contributed by atoms with Crippen LogP contribution in [0.5, 0.6) is 5.75 Å². The minimum atomic E-state index is -0.657. The largest absolute Gasteiger partial charge is 0.497 e. The second-order valence-corrected chi connectivity index (χ2v) is 7.15. The highest BCUT2D eigenvalue weighted by molar-refractivity contribution is 6.07. The molecule has 2 aromatic carbocycles. The number of nitrogens with one attached hydrogen (secondary N) is 1. The number of Topliss-reactive ketones (excluding diaryl/α,β-unsaturated/α-hetero) is 1. The first-order chi connectivity index (χ1) is 16.4. The van der Waals surface area contributed by atoms with E-state index in [1.54, 1.807) is 66.7 Å². The Hall–Kier alpha value is -4.46. The summed E-state index contributed by atoms with van der Waals surface area (Å²) >= 11 is 0. The van der Waals surface area contributed by atoms with Gasteiger partial charge in [0.05, 0.1) is 19.8 Å². The van der Waals surface area contributed by atoms with E-state index in [1.807, 2.05) is 0 Å². The highest BCUT2D eigenvalue weighted by Gasteiger charge is 2.13. The van der Waals surface area contributed by atoms with Crippen LogP contribution in [0.15, 0.2) is 77.4 Å². The molecule has 1 aromatic heterocycles. The molecule has 0 radical (unpaired) electrons. The second kappa shape index (κ2) is 12.0. The molecule has 0 saturated heterocycles. The van der Waals surface area contributed by atoms with Crippen LogP contribution in [-0.2, 0) is 14.3 Å². The number of rotatable bonds is 11. The number of anilines is 1. The van der Waals surface area contributed by atoms with Crippen molar-refractivity contribution in [1.82, 2.24) is 0 Å². The van der Waals surface area contributed by atoms with E-state index >= 15 is 0 Å². The van der Waals surface area contributed by atoms with Gasteiger partial charge in [0.25, 0.3) is 0 Å². The first-order valence-electron chi connectivity index (χ1n) is 10.4. The van der Waals surface area contributed by atoms with Gasteiger partial charge in [-0.15, -0.1) is 0 Å². The van der Waals surface area contributed by atoms with Gasteiger partial charge in [-0.25, -0.2) is 0 Å². The third-order valence-electron chi connectivity index (χ3n) is 4.71. The zero-order valence-electron chi connectivity index (χ0n) is 18.5. The minimum Gasteiger partial charge on any atom is -0.497 e. The van der Waals surface area contributed by atoms with Crippen LogP contribution in [0, 0.1) is 0 Å². The van der Waals surface area contributed by atoms with Crippen molar-refractivity contribution in [3.05, 3.63) is 89.9 Å². The average molecular weight is 461 g/mol. The van der Waals surface area contributed by atoms with E-state index in [9.17, 15) is 19.2 Å². The number of furan rings is 1. The van der Waals surface area contributed by atoms with Crippen molar-refractivity contribution in [2.24, 2.45) is 0 Å². The molecule has 0 spiro atoms. The number of esters is 1. The fourth-order valence-electron chi connectivity index (χ4n) is 2.90. The van der Waals surface area contributed by atoms with Crippen molar-refractivity contribution in [1.29, 1.82) is 0 Å². The molecule has 0 aliphatic carbocycles. The van der Waals surface area contributed by atoms with E-state index in [0.717, 1.165) is 0 Å². The fraction of sp³-hybridized carbons (Fsp3) is 0.154. The van der Waals surface area contributed by atoms with Crippen molar-refractivity contribution in [2.75, 3.05) is 19.0 Å². The highest BCUT2D eigenvalue weighted by atomic mass is 16.5. The van der Waals surface area contributed by atoms with E-state index in [-0.39, 0.29) is 24.4 Å². The zero-order valence-corrected chi connectivity index (χ0v) is 18.5. The van der Waals surface area contributed by atoms with Gasteiger partial charge < -0.3 is 19.2 Å². The number of ketones is 2. The van der Waals surface area contributed by atoms with E-state index in [4.69, 9.17) is 13.9 Å². The summed E-state index contributed by atoms with van der Waals surface area (Å²) in [5, 5.41) is 2.65. The Morgan fingerprint density at radius 2 is 1.74 bits per heavy atom. The van der Waals surface area contributed by atoms with Crippen LogP contribution < -0.4 is 10.1 Å². The van der Waals surface area contributed by atoms with Crippen molar-refractivity contribution < 1.29 is 33.1 Å². The normalized spacial score (nSPS) is 10.6. The molecule has 1 heterocycles. The lowest BCUT2D eigenvalue weighted by Crippen LogP contribution is -2.17. The number of carbonyl (C=O) groups excluding carboxylic acids is 4. The van der Waals surface area contributed by atoms with Crippen LogP contribution in [0.1, 0.15) is 39.3 Å². The lowest BCUT2D eigenvalue weighted by atomic mass is 10.1. The molecule has 1 N–H and O–H groups in total. The summed E-state index contributed by atoms with van der Waals surface area (Å²) in [4.78, 5) is 48.3. The standard InChI is InChI=1S/C26H23NO7/c1-32-22-5-2-4-19(16-22)24(29)17-34-26(31)14-13-25(30)27-20-9-7-18(8-10-20)23(28)12-11-21-6-3-15-33-21/h2-12,15-16H,13-14,17H2,1H3,(H,27,30). The molecule has 34 heavy (non-hydrogen) atoms. The predicted molar refractivity (Wildman–Crippen MR) is 125 cm³/mol. The Morgan fingerprint density at radius 3 is 2.44 bits per heavy atom. The Kier molecular flexibility index (Phi) is 8.51. The molecule has 174 valence electrons. The molecule has 0 saturated carbocycles. The first kappa shape index (κ1) is 24.2. The Morgan fingerprint density at radius 1 is 0.941 bits per heavy atom. The number of methoxy groups -OCH3 is 1. The SMILES string of the molecule is COc1cccc(C(=O)COC(=O)CCC(=O)Nc2ccc(C(=O)C=Cc3ccco3)cc2)c1. The lowest BCUT2D eigenvalue weighted by Gasteiger charge is -2.07. The molecular formula is C26H23NO7. The molecule has 0 fully saturated rings. The molecule has 0 unspecified atom stereocenters. The number of hydrogen-bond acceptors (Lipinski definition) is 7. The number of amides is 1. The first-order valence-corrected chi connectivity index (χ1v) is 10.4. The molecular weight excluding hydrogens is 438 g/mol. The summed E-state index contributed by atoms with van der Waals surface area (Å²) in [7, 11) is 1.49. The summed E-state index contributed by atoms with van der Waals surface area (Å²) in [5.41, 5.74) is 1.30. The number of hydrogen-bond donors (Lipinski definition) is 1. The monoisotopic (exact) mass is 461 g/mol. The van der Waals surface area contributed by atoms with Gasteiger partial charge >= 0.3 is 5.97 Å². The topological polar surface area (TPSA) is 112 Å². The van der Waals surface area contributed by atoms with Crippen LogP contribution in [0.2, 0.25) is 0 Å². The molecule has 0 aliphatic heterocycles. The van der Waals surface area contributed by atoms with Crippen LogP contribution in [0.25, 0.3) is 6.08 Å². The van der Waals surface area contributed by atoms with Gasteiger partial charge in [0, 0.05) is 23.2 Å². The van der Waals surface area contributed by atoms with Crippen LogP contribution >= 0.6 is 0 Å². The summed E-state index contributed by atoms with van der Waals surface area (Å²) in [6.45, 7) is -0.419. The summed E-state index contributed by atoms with van der Waals surface area (Å²) < 4.78 is 15.2. The number of carbonyl (C=O) groups is 4. The zero-order chi connectivity index (χ0) is 24.3. The fourth-order valence-corrected chi connectivity index (χ4v) is 2.90. The van der Waals surface area contributed by atoms with Gasteiger partial charge in [-0.05, 0) is 60.7 Å². The lowest BCUT2D eigenvalue weighted by molar-refractivity contribution is -0.143. The summed E-state index contributed by atoms with van der Waals surface area (Å²) in [6.07, 6.45) is 4.20. The quantitative estimate of drug-likeness (QED) is 0.257. The minimum absolute atomic E-state index is 0.112. The third-order valence-corrected chi connectivity index (χ3v) is 4.71. The van der Waals surface area contributed by atoms with Crippen molar-refractivity contribution in [3.63, 3.8) is 0 Å².